The Morgan fingerprint density at radius 2 is 2.16 bits per heavy atom. The third-order valence-electron chi connectivity index (χ3n) is 6.12. The minimum atomic E-state index is -4.44. The number of nitrogens with zero attached hydrogens (tertiary/aromatic N) is 6. The van der Waals surface area contributed by atoms with Crippen LogP contribution in [0.1, 0.15) is 6.42 Å². The highest BCUT2D eigenvalue weighted by atomic mass is 35.5. The second-order valence-corrected chi connectivity index (χ2v) is 9.33. The van der Waals surface area contributed by atoms with E-state index in [-0.39, 0.29) is 34.8 Å². The van der Waals surface area contributed by atoms with Crippen molar-refractivity contribution in [1.82, 2.24) is 19.7 Å². The van der Waals surface area contributed by atoms with Crippen LogP contribution in [0.25, 0.3) is 11.3 Å². The zero-order chi connectivity index (χ0) is 27.0. The first-order chi connectivity index (χ1) is 18.1. The second kappa shape index (κ2) is 10.3. The van der Waals surface area contributed by atoms with E-state index in [9.17, 15) is 23.1 Å². The fourth-order valence-electron chi connectivity index (χ4n) is 4.43. The molecule has 15 heteroatoms. The van der Waals surface area contributed by atoms with Crippen molar-refractivity contribution in [3.8, 4) is 17.1 Å². The van der Waals surface area contributed by atoms with Crippen molar-refractivity contribution >= 4 is 34.8 Å². The highest BCUT2D eigenvalue weighted by Crippen LogP contribution is 2.43. The molecule has 38 heavy (non-hydrogen) atoms. The summed E-state index contributed by atoms with van der Waals surface area (Å²) >= 11 is 6.49. The van der Waals surface area contributed by atoms with Gasteiger partial charge in [-0.2, -0.15) is 18.3 Å². The maximum absolute atomic E-state index is 13.5. The molecule has 0 aromatic carbocycles. The van der Waals surface area contributed by atoms with Crippen LogP contribution in [-0.4, -0.2) is 80.6 Å². The standard InChI is InChI=1S/C23H23ClF3N7O4/c24-17-6-18-21(31-20(17)13-7-29-33(8-13)12-23(25,26)27)34(15-2-4-32(18)9-15)22(37)30-14-1-3-28-19(5-14)38-11-16(36)10-35/h1,3,5-8,15-16,35-36H,2,4,9-12H2,(H,28,30,37)/t15-,16?/m0/s1. The predicted molar refractivity (Wildman–Crippen MR) is 131 cm³/mol. The molecule has 11 nitrogen and oxygen atoms in total. The number of aliphatic hydroxyl groups excluding tert-OH is 2. The Morgan fingerprint density at radius 1 is 1.34 bits per heavy atom. The van der Waals surface area contributed by atoms with Crippen molar-refractivity contribution in [3.63, 3.8) is 0 Å². The van der Waals surface area contributed by atoms with Gasteiger partial charge in [-0.25, -0.2) is 14.8 Å². The van der Waals surface area contributed by atoms with E-state index in [2.05, 4.69) is 25.3 Å². The highest BCUT2D eigenvalue weighted by Gasteiger charge is 2.41. The summed E-state index contributed by atoms with van der Waals surface area (Å²) in [6.07, 6.45) is -0.939. The molecular weight excluding hydrogens is 531 g/mol. The van der Waals surface area contributed by atoms with Crippen LogP contribution in [0.15, 0.2) is 36.8 Å². The van der Waals surface area contributed by atoms with E-state index in [0.717, 1.165) is 4.68 Å². The molecule has 1 fully saturated rings. The van der Waals surface area contributed by atoms with Gasteiger partial charge in [-0.05, 0) is 18.6 Å². The quantitative estimate of drug-likeness (QED) is 0.407. The number of alkyl halides is 3. The number of amides is 2. The summed E-state index contributed by atoms with van der Waals surface area (Å²) < 4.78 is 44.5. The highest BCUT2D eigenvalue weighted by molar-refractivity contribution is 6.33. The van der Waals surface area contributed by atoms with Crippen LogP contribution in [0.3, 0.4) is 0 Å². The Morgan fingerprint density at radius 3 is 2.92 bits per heavy atom. The number of aromatic nitrogens is 4. The summed E-state index contributed by atoms with van der Waals surface area (Å²) in [6, 6.07) is 4.04. The maximum atomic E-state index is 13.5. The second-order valence-electron chi connectivity index (χ2n) is 8.92. The molecule has 1 unspecified atom stereocenters. The molecule has 2 aliphatic rings. The van der Waals surface area contributed by atoms with Crippen LogP contribution < -0.4 is 19.9 Å². The smallest absolute Gasteiger partial charge is 0.408 e. The number of carbonyl (C=O) groups is 1. The topological polar surface area (TPSA) is 129 Å². The number of halogens is 4. The van der Waals surface area contributed by atoms with Crippen molar-refractivity contribution < 1.29 is 32.9 Å². The minimum Gasteiger partial charge on any atom is -0.475 e. The number of rotatable bonds is 7. The molecule has 2 atom stereocenters. The Balaban J connectivity index is 1.42. The molecule has 0 aliphatic carbocycles. The molecule has 5 rings (SSSR count). The molecule has 0 radical (unpaired) electrons. The lowest BCUT2D eigenvalue weighted by Gasteiger charge is -2.36. The molecule has 3 aromatic rings. The molecule has 2 amide bonds. The van der Waals surface area contributed by atoms with Gasteiger partial charge in [0.05, 0.1) is 35.2 Å². The van der Waals surface area contributed by atoms with Crippen LogP contribution in [0.2, 0.25) is 5.02 Å². The number of hydrogen-bond acceptors (Lipinski definition) is 8. The van der Waals surface area contributed by atoms with E-state index in [1.165, 1.54) is 29.6 Å². The van der Waals surface area contributed by atoms with Gasteiger partial charge in [0, 0.05) is 42.8 Å². The lowest BCUT2D eigenvalue weighted by Crippen LogP contribution is -2.48. The predicted octanol–water partition coefficient (Wildman–Crippen LogP) is 2.92. The Hall–Kier alpha value is -3.62. The average molecular weight is 554 g/mol. The van der Waals surface area contributed by atoms with Crippen LogP contribution in [0.5, 0.6) is 5.88 Å². The van der Waals surface area contributed by atoms with Crippen LogP contribution in [0.4, 0.5) is 35.2 Å². The number of nitrogens with one attached hydrogen (secondary N) is 1. The number of anilines is 3. The van der Waals surface area contributed by atoms with Crippen molar-refractivity contribution in [1.29, 1.82) is 0 Å². The van der Waals surface area contributed by atoms with Crippen molar-refractivity contribution in [2.45, 2.75) is 31.3 Å². The number of urea groups is 1. The zero-order valence-electron chi connectivity index (χ0n) is 19.8. The molecular formula is C23H23ClF3N7O4. The molecule has 0 spiro atoms. The summed E-state index contributed by atoms with van der Waals surface area (Å²) in [6.45, 7) is -0.638. The van der Waals surface area contributed by atoms with Crippen LogP contribution in [-0.2, 0) is 6.54 Å². The number of aliphatic hydroxyl groups is 2. The average Bonchev–Trinajstić information content (AvgIpc) is 3.50. The number of fused-ring (bicyclic) bond motifs is 4. The molecule has 2 bridgehead atoms. The third kappa shape index (κ3) is 5.47. The molecule has 0 saturated carbocycles. The van der Waals surface area contributed by atoms with E-state index >= 15 is 0 Å². The summed E-state index contributed by atoms with van der Waals surface area (Å²) in [4.78, 5) is 25.7. The van der Waals surface area contributed by atoms with Gasteiger partial charge in [0.1, 0.15) is 19.3 Å². The Labute approximate surface area is 219 Å². The van der Waals surface area contributed by atoms with E-state index in [1.807, 2.05) is 0 Å². The minimum absolute atomic E-state index is 0.143. The molecule has 202 valence electrons. The summed E-state index contributed by atoms with van der Waals surface area (Å²) in [5, 5.41) is 25.2. The molecule has 1 saturated heterocycles. The first-order valence-corrected chi connectivity index (χ1v) is 12.0. The SMILES string of the molecule is O=C(Nc1ccnc(OCC(O)CO)c1)N1c2nc(-c3cnn(CC(F)(F)F)c3)c(Cl)cc2N2CC[C@H]1C2. The Bertz CT molecular complexity index is 1340. The monoisotopic (exact) mass is 553 g/mol. The molecule has 2 aliphatic heterocycles. The van der Waals surface area contributed by atoms with Crippen molar-refractivity contribution in [2.24, 2.45) is 0 Å². The summed E-state index contributed by atoms with van der Waals surface area (Å²) in [7, 11) is 0. The van der Waals surface area contributed by atoms with Crippen molar-refractivity contribution in [3.05, 3.63) is 41.8 Å². The third-order valence-corrected chi connectivity index (χ3v) is 6.41. The fourth-order valence-corrected chi connectivity index (χ4v) is 4.68. The molecule has 3 aromatic heterocycles. The number of pyridine rings is 2. The van der Waals surface area contributed by atoms with Gasteiger partial charge in [-0.15, -0.1) is 0 Å². The number of carbonyl (C=O) groups excluding carboxylic acids is 1. The molecule has 3 N–H and O–H groups in total. The first-order valence-electron chi connectivity index (χ1n) is 11.6. The van der Waals surface area contributed by atoms with E-state index in [1.54, 1.807) is 12.1 Å². The van der Waals surface area contributed by atoms with E-state index < -0.39 is 31.5 Å². The fraction of sp³-hybridized carbons (Fsp3) is 0.391. The number of ether oxygens (including phenoxy) is 1. The van der Waals surface area contributed by atoms with Gasteiger partial charge in [0.15, 0.2) is 5.82 Å². The number of hydrogen-bond donors (Lipinski definition) is 3. The van der Waals surface area contributed by atoms with Crippen LogP contribution in [0, 0.1) is 0 Å². The van der Waals surface area contributed by atoms with E-state index in [4.69, 9.17) is 21.4 Å². The van der Waals surface area contributed by atoms with Gasteiger partial charge in [-0.1, -0.05) is 11.6 Å². The van der Waals surface area contributed by atoms with Gasteiger partial charge in [0.2, 0.25) is 5.88 Å². The van der Waals surface area contributed by atoms with Gasteiger partial charge in [0.25, 0.3) is 0 Å². The van der Waals surface area contributed by atoms with Gasteiger partial charge in [-0.3, -0.25) is 9.58 Å². The summed E-state index contributed by atoms with van der Waals surface area (Å²) in [5.41, 5.74) is 1.52. The molecule has 5 heterocycles. The zero-order valence-corrected chi connectivity index (χ0v) is 20.5. The van der Waals surface area contributed by atoms with Gasteiger partial charge >= 0.3 is 12.2 Å². The Kier molecular flexibility index (Phi) is 7.03. The maximum Gasteiger partial charge on any atom is 0.408 e. The van der Waals surface area contributed by atoms with Crippen LogP contribution >= 0.6 is 11.6 Å². The lowest BCUT2D eigenvalue weighted by atomic mass is 10.1. The summed E-state index contributed by atoms with van der Waals surface area (Å²) in [5.74, 6) is 0.472. The van der Waals surface area contributed by atoms with Gasteiger partial charge < -0.3 is 25.2 Å². The van der Waals surface area contributed by atoms with Crippen molar-refractivity contribution in [2.75, 3.05) is 41.4 Å². The first kappa shape index (κ1) is 26.0. The normalized spacial score (nSPS) is 17.4. The van der Waals surface area contributed by atoms with E-state index in [0.29, 0.717) is 36.7 Å². The largest absolute Gasteiger partial charge is 0.475 e. The lowest BCUT2D eigenvalue weighted by molar-refractivity contribution is -0.142.